The summed E-state index contributed by atoms with van der Waals surface area (Å²) in [5, 5.41) is 10.6. The van der Waals surface area contributed by atoms with Gasteiger partial charge in [0, 0.05) is 0 Å². The van der Waals surface area contributed by atoms with Crippen LogP contribution in [0.2, 0.25) is 5.02 Å². The predicted octanol–water partition coefficient (Wildman–Crippen LogP) is 1.52. The number of fused-ring (bicyclic) bond motifs is 1. The van der Waals surface area contributed by atoms with Crippen LogP contribution in [0.25, 0.3) is 11.2 Å². The Hall–Kier alpha value is -1.69. The van der Waals surface area contributed by atoms with Gasteiger partial charge in [0.2, 0.25) is 0 Å². The summed E-state index contributed by atoms with van der Waals surface area (Å²) in [6.07, 6.45) is 1.38. The van der Waals surface area contributed by atoms with E-state index in [4.69, 9.17) is 11.6 Å². The van der Waals surface area contributed by atoms with Crippen molar-refractivity contribution in [2.24, 2.45) is 0 Å². The minimum atomic E-state index is -0.611. The summed E-state index contributed by atoms with van der Waals surface area (Å²) >= 11 is 5.73. The topological polar surface area (TPSA) is 84.7 Å². The predicted molar refractivity (Wildman–Crippen MR) is 45.6 cm³/mol. The van der Waals surface area contributed by atoms with E-state index in [1.165, 1.54) is 12.4 Å². The van der Waals surface area contributed by atoms with E-state index in [-0.39, 0.29) is 16.5 Å². The number of hydrogen-bond acceptors (Lipinski definition) is 4. The van der Waals surface area contributed by atoms with E-state index >= 15 is 0 Å². The van der Waals surface area contributed by atoms with Crippen LogP contribution in [0, 0.1) is 10.1 Å². The Morgan fingerprint density at radius 1 is 1.62 bits per heavy atom. The molecule has 0 spiro atoms. The van der Waals surface area contributed by atoms with Crippen LogP contribution in [0.5, 0.6) is 0 Å². The summed E-state index contributed by atoms with van der Waals surface area (Å²) in [5.74, 6) is -0.301. The van der Waals surface area contributed by atoms with Crippen molar-refractivity contribution in [1.29, 1.82) is 0 Å². The van der Waals surface area contributed by atoms with Gasteiger partial charge in [-0.15, -0.1) is 0 Å². The highest BCUT2D eigenvalue weighted by atomic mass is 35.5. The van der Waals surface area contributed by atoms with Crippen LogP contribution in [0.1, 0.15) is 0 Å². The Kier molecular flexibility index (Phi) is 1.63. The average Bonchev–Trinajstić information content (AvgIpc) is 2.51. The second-order valence-corrected chi connectivity index (χ2v) is 2.73. The molecule has 0 aromatic carbocycles. The molecule has 0 aliphatic carbocycles. The molecule has 0 bridgehead atoms. The molecule has 66 valence electrons. The molecule has 0 aliphatic rings. The third-order valence-electron chi connectivity index (χ3n) is 1.52. The Morgan fingerprint density at radius 3 is 3.08 bits per heavy atom. The van der Waals surface area contributed by atoms with Crippen molar-refractivity contribution in [2.75, 3.05) is 0 Å². The molecule has 0 saturated carbocycles. The number of imidazole rings is 1. The molecular weight excluding hydrogens is 196 g/mol. The maximum Gasteiger partial charge on any atom is 0.367 e. The van der Waals surface area contributed by atoms with Gasteiger partial charge in [0.1, 0.15) is 5.52 Å². The molecule has 2 aromatic heterocycles. The van der Waals surface area contributed by atoms with Crippen LogP contribution >= 0.6 is 11.6 Å². The highest BCUT2D eigenvalue weighted by Gasteiger charge is 2.15. The van der Waals surface area contributed by atoms with Crippen LogP contribution in [0.4, 0.5) is 5.82 Å². The smallest absolute Gasteiger partial charge is 0.358 e. The van der Waals surface area contributed by atoms with Gasteiger partial charge in [-0.05, 0) is 9.91 Å². The molecule has 7 heteroatoms. The maximum atomic E-state index is 10.4. The fourth-order valence-electron chi connectivity index (χ4n) is 0.967. The zero-order valence-electron chi connectivity index (χ0n) is 6.19. The van der Waals surface area contributed by atoms with E-state index in [2.05, 4.69) is 15.0 Å². The quantitative estimate of drug-likeness (QED) is 0.556. The van der Waals surface area contributed by atoms with Gasteiger partial charge in [0.05, 0.1) is 17.4 Å². The number of nitrogens with one attached hydrogen (secondary N) is 1. The molecule has 13 heavy (non-hydrogen) atoms. The molecule has 0 radical (unpaired) electrons. The lowest BCUT2D eigenvalue weighted by molar-refractivity contribution is -0.389. The highest BCUT2D eigenvalue weighted by Crippen LogP contribution is 2.22. The first kappa shape index (κ1) is 7.93. The first-order valence-corrected chi connectivity index (χ1v) is 3.70. The number of hydrogen-bond donors (Lipinski definition) is 1. The number of rotatable bonds is 1. The van der Waals surface area contributed by atoms with E-state index in [0.717, 1.165) is 0 Å². The highest BCUT2D eigenvalue weighted by molar-refractivity contribution is 6.34. The Morgan fingerprint density at radius 2 is 2.38 bits per heavy atom. The van der Waals surface area contributed by atoms with Crippen molar-refractivity contribution >= 4 is 28.6 Å². The molecule has 0 aliphatic heterocycles. The van der Waals surface area contributed by atoms with Gasteiger partial charge in [-0.1, -0.05) is 11.6 Å². The number of nitrogens with zero attached hydrogens (tertiary/aromatic N) is 3. The lowest BCUT2D eigenvalue weighted by atomic mass is 10.4. The van der Waals surface area contributed by atoms with Crippen LogP contribution in [-0.4, -0.2) is 19.9 Å². The summed E-state index contributed by atoms with van der Waals surface area (Å²) in [6.45, 7) is 0. The van der Waals surface area contributed by atoms with Crippen molar-refractivity contribution in [2.45, 2.75) is 0 Å². The maximum absolute atomic E-state index is 10.4. The summed E-state index contributed by atoms with van der Waals surface area (Å²) < 4.78 is 0. The number of pyridine rings is 1. The van der Waals surface area contributed by atoms with Gasteiger partial charge in [-0.25, -0.2) is 0 Å². The second kappa shape index (κ2) is 2.67. The van der Waals surface area contributed by atoms with Gasteiger partial charge < -0.3 is 15.1 Å². The number of H-pyrrole nitrogens is 1. The monoisotopic (exact) mass is 198 g/mol. The number of nitro groups is 1. The molecule has 2 rings (SSSR count). The molecule has 2 aromatic rings. The SMILES string of the molecule is O=[N+]([O-])c1cc(Cl)c2[nH]cnc2n1. The van der Waals surface area contributed by atoms with Crippen LogP contribution in [-0.2, 0) is 0 Å². The van der Waals surface area contributed by atoms with Gasteiger partial charge in [0.25, 0.3) is 5.65 Å². The lowest BCUT2D eigenvalue weighted by Crippen LogP contribution is -1.92. The zero-order chi connectivity index (χ0) is 9.42. The third-order valence-corrected chi connectivity index (χ3v) is 1.82. The largest absolute Gasteiger partial charge is 0.367 e. The van der Waals surface area contributed by atoms with Crippen LogP contribution in [0.15, 0.2) is 12.4 Å². The Labute approximate surface area is 76.7 Å². The Bertz CT molecular complexity index is 480. The summed E-state index contributed by atoms with van der Waals surface area (Å²) in [5.41, 5.74) is 0.756. The molecule has 0 atom stereocenters. The minimum Gasteiger partial charge on any atom is -0.358 e. The van der Waals surface area contributed by atoms with E-state index in [9.17, 15) is 10.1 Å². The molecule has 6 nitrogen and oxygen atoms in total. The first-order chi connectivity index (χ1) is 6.18. The molecule has 0 amide bonds. The molecular formula is C6H3ClN4O2. The van der Waals surface area contributed by atoms with Gasteiger partial charge >= 0.3 is 5.82 Å². The second-order valence-electron chi connectivity index (χ2n) is 2.32. The number of aromatic nitrogens is 3. The van der Waals surface area contributed by atoms with Crippen molar-refractivity contribution in [3.63, 3.8) is 0 Å². The summed E-state index contributed by atoms with van der Waals surface area (Å²) in [4.78, 5) is 19.9. The van der Waals surface area contributed by atoms with E-state index < -0.39 is 4.92 Å². The minimum absolute atomic E-state index is 0.245. The number of halogens is 1. The van der Waals surface area contributed by atoms with Gasteiger partial charge in [0.15, 0.2) is 0 Å². The fraction of sp³-hybridized carbons (Fsp3) is 0. The lowest BCUT2D eigenvalue weighted by Gasteiger charge is -1.92. The van der Waals surface area contributed by atoms with Crippen molar-refractivity contribution in [3.05, 3.63) is 27.5 Å². The molecule has 0 unspecified atom stereocenters. The van der Waals surface area contributed by atoms with E-state index in [0.29, 0.717) is 5.52 Å². The molecule has 0 fully saturated rings. The Balaban J connectivity index is 2.77. The van der Waals surface area contributed by atoms with Crippen LogP contribution in [0.3, 0.4) is 0 Å². The first-order valence-electron chi connectivity index (χ1n) is 3.32. The average molecular weight is 199 g/mol. The molecule has 0 saturated heterocycles. The summed E-state index contributed by atoms with van der Waals surface area (Å²) in [6, 6.07) is 1.18. The van der Waals surface area contributed by atoms with E-state index in [1.54, 1.807) is 0 Å². The van der Waals surface area contributed by atoms with Crippen molar-refractivity contribution in [3.8, 4) is 0 Å². The zero-order valence-corrected chi connectivity index (χ0v) is 6.95. The molecule has 1 N–H and O–H groups in total. The normalized spacial score (nSPS) is 10.5. The van der Waals surface area contributed by atoms with E-state index in [1.807, 2.05) is 0 Å². The van der Waals surface area contributed by atoms with Crippen LogP contribution < -0.4 is 0 Å². The summed E-state index contributed by atoms with van der Waals surface area (Å²) in [7, 11) is 0. The standard InChI is InChI=1S/C6H3ClN4O2/c7-3-1-4(11(12)13)10-6-5(3)8-2-9-6/h1-2H,(H,8,9,10). The van der Waals surface area contributed by atoms with Gasteiger partial charge in [-0.2, -0.15) is 4.98 Å². The molecule has 2 heterocycles. The van der Waals surface area contributed by atoms with Crippen molar-refractivity contribution < 1.29 is 4.92 Å². The number of aromatic amines is 1. The van der Waals surface area contributed by atoms with Gasteiger partial charge in [-0.3, -0.25) is 0 Å². The van der Waals surface area contributed by atoms with Crippen molar-refractivity contribution in [1.82, 2.24) is 15.0 Å². The third kappa shape index (κ3) is 1.20. The fourth-order valence-corrected chi connectivity index (χ4v) is 1.20.